The molecule has 3 aromatic rings. The Morgan fingerprint density at radius 2 is 1.96 bits per heavy atom. The quantitative estimate of drug-likeness (QED) is 0.571. The number of anilines is 1. The monoisotopic (exact) mass is 398 g/mol. The summed E-state index contributed by atoms with van der Waals surface area (Å²) in [5.74, 6) is -0.305. The number of thioether (sulfide) groups is 1. The van der Waals surface area contributed by atoms with Crippen molar-refractivity contribution in [2.24, 2.45) is 0 Å². The molecule has 2 aromatic carbocycles. The zero-order valence-electron chi connectivity index (χ0n) is 14.9. The van der Waals surface area contributed by atoms with E-state index in [-0.39, 0.29) is 23.3 Å². The van der Waals surface area contributed by atoms with Crippen molar-refractivity contribution in [3.8, 4) is 17.2 Å². The van der Waals surface area contributed by atoms with Crippen LogP contribution in [0, 0.1) is 0 Å². The molecular weight excluding hydrogens is 382 g/mol. The average Bonchev–Trinajstić information content (AvgIpc) is 3.17. The summed E-state index contributed by atoms with van der Waals surface area (Å²) >= 11 is 1.12. The van der Waals surface area contributed by atoms with Gasteiger partial charge in [0.15, 0.2) is 0 Å². The van der Waals surface area contributed by atoms with E-state index >= 15 is 0 Å². The molecule has 144 valence electrons. The van der Waals surface area contributed by atoms with Crippen molar-refractivity contribution < 1.29 is 23.8 Å². The number of ether oxygens (including phenoxy) is 1. The summed E-state index contributed by atoms with van der Waals surface area (Å²) in [5, 5.41) is 21.5. The zero-order valence-corrected chi connectivity index (χ0v) is 15.7. The fourth-order valence-corrected chi connectivity index (χ4v) is 2.90. The van der Waals surface area contributed by atoms with Crippen molar-refractivity contribution >= 4 is 29.3 Å². The molecule has 0 fully saturated rings. The van der Waals surface area contributed by atoms with Crippen LogP contribution < -0.4 is 15.2 Å². The van der Waals surface area contributed by atoms with Gasteiger partial charge in [-0.3, -0.25) is 4.79 Å². The Morgan fingerprint density at radius 1 is 1.18 bits per heavy atom. The van der Waals surface area contributed by atoms with Crippen molar-refractivity contribution in [3.63, 3.8) is 0 Å². The minimum absolute atomic E-state index is 0.0839. The second kappa shape index (κ2) is 9.05. The van der Waals surface area contributed by atoms with Gasteiger partial charge in [-0.1, -0.05) is 30.0 Å². The van der Waals surface area contributed by atoms with Crippen molar-refractivity contribution in [3.05, 3.63) is 54.1 Å². The lowest BCUT2D eigenvalue weighted by atomic mass is 10.1. The van der Waals surface area contributed by atoms with Crippen LogP contribution in [0.3, 0.4) is 0 Å². The summed E-state index contributed by atoms with van der Waals surface area (Å²) in [6.45, 7) is 0. The highest BCUT2D eigenvalue weighted by molar-refractivity contribution is 7.99. The number of amides is 1. The van der Waals surface area contributed by atoms with Gasteiger partial charge in [0.2, 0.25) is 11.8 Å². The molecule has 1 aromatic heterocycles. The number of carboxylic acid groups (broad SMARTS) is 1. The van der Waals surface area contributed by atoms with Gasteiger partial charge in [-0.25, -0.2) is 0 Å². The molecular formula is C19H16N3O5S-. The maximum Gasteiger partial charge on any atom is 0.277 e. The van der Waals surface area contributed by atoms with Gasteiger partial charge in [0.1, 0.15) is 5.75 Å². The van der Waals surface area contributed by atoms with Crippen molar-refractivity contribution in [2.45, 2.75) is 11.6 Å². The summed E-state index contributed by atoms with van der Waals surface area (Å²) in [6, 6.07) is 13.7. The van der Waals surface area contributed by atoms with Crippen LogP contribution in [0.25, 0.3) is 11.5 Å². The van der Waals surface area contributed by atoms with Gasteiger partial charge < -0.3 is 24.4 Å². The topological polar surface area (TPSA) is 117 Å². The molecule has 0 saturated heterocycles. The molecule has 0 aliphatic heterocycles. The van der Waals surface area contributed by atoms with Gasteiger partial charge >= 0.3 is 0 Å². The van der Waals surface area contributed by atoms with Gasteiger partial charge in [0, 0.05) is 23.6 Å². The number of carboxylic acids is 1. The number of methoxy groups -OCH3 is 1. The Hall–Kier alpha value is -3.33. The number of carbonyl (C=O) groups is 2. The van der Waals surface area contributed by atoms with Crippen LogP contribution in [0.4, 0.5) is 5.69 Å². The summed E-state index contributed by atoms with van der Waals surface area (Å²) in [4.78, 5) is 22.6. The van der Waals surface area contributed by atoms with Gasteiger partial charge in [0.25, 0.3) is 5.22 Å². The highest BCUT2D eigenvalue weighted by Gasteiger charge is 2.12. The summed E-state index contributed by atoms with van der Waals surface area (Å²) in [5.41, 5.74) is 1.89. The summed E-state index contributed by atoms with van der Waals surface area (Å²) in [7, 11) is 1.57. The van der Waals surface area contributed by atoms with Crippen LogP contribution in [0.15, 0.2) is 58.2 Å². The third kappa shape index (κ3) is 5.34. The molecule has 0 atom stereocenters. The largest absolute Gasteiger partial charge is 0.550 e. The maximum absolute atomic E-state index is 12.1. The van der Waals surface area contributed by atoms with Crippen molar-refractivity contribution in [2.75, 3.05) is 18.2 Å². The standard InChI is InChI=1S/C19H17N3O5S/c1-26-15-4-2-3-13(10-15)18-21-22-19(27-18)28-11-16(23)20-14-7-5-12(6-8-14)9-17(24)25/h2-8,10H,9,11H2,1H3,(H,20,23)(H,24,25)/p-1. The fraction of sp³-hybridized carbons (Fsp3) is 0.158. The number of hydrogen-bond acceptors (Lipinski definition) is 8. The number of carbonyl (C=O) groups excluding carboxylic acids is 2. The lowest BCUT2D eigenvalue weighted by Gasteiger charge is -2.06. The number of benzene rings is 2. The molecule has 9 heteroatoms. The molecule has 1 amide bonds. The van der Waals surface area contributed by atoms with Crippen molar-refractivity contribution in [1.82, 2.24) is 10.2 Å². The van der Waals surface area contributed by atoms with Crippen LogP contribution in [0.5, 0.6) is 5.75 Å². The maximum atomic E-state index is 12.1. The van der Waals surface area contributed by atoms with E-state index in [2.05, 4.69) is 15.5 Å². The average molecular weight is 398 g/mol. The Bertz CT molecular complexity index is 972. The van der Waals surface area contributed by atoms with Crippen LogP contribution in [-0.2, 0) is 16.0 Å². The molecule has 0 aliphatic rings. The predicted molar refractivity (Wildman–Crippen MR) is 101 cm³/mol. The third-order valence-corrected chi connectivity index (χ3v) is 4.45. The van der Waals surface area contributed by atoms with Gasteiger partial charge in [-0.2, -0.15) is 0 Å². The molecule has 1 heterocycles. The van der Waals surface area contributed by atoms with Crippen molar-refractivity contribution in [1.29, 1.82) is 0 Å². The highest BCUT2D eigenvalue weighted by atomic mass is 32.2. The molecule has 0 spiro atoms. The molecule has 1 N–H and O–H groups in total. The van der Waals surface area contributed by atoms with Crippen LogP contribution in [0.2, 0.25) is 0 Å². The summed E-state index contributed by atoms with van der Waals surface area (Å²) < 4.78 is 10.7. The molecule has 3 rings (SSSR count). The molecule has 8 nitrogen and oxygen atoms in total. The normalized spacial score (nSPS) is 10.5. The van der Waals surface area contributed by atoms with E-state index < -0.39 is 5.97 Å². The van der Waals surface area contributed by atoms with Crippen LogP contribution in [-0.4, -0.2) is 34.9 Å². The fourth-order valence-electron chi connectivity index (χ4n) is 2.34. The number of hydrogen-bond donors (Lipinski definition) is 1. The Morgan fingerprint density at radius 3 is 2.68 bits per heavy atom. The molecule has 0 bridgehead atoms. The SMILES string of the molecule is COc1cccc(-c2nnc(SCC(=O)Nc3ccc(CC(=O)[O-])cc3)o2)c1. The molecule has 0 saturated carbocycles. The highest BCUT2D eigenvalue weighted by Crippen LogP contribution is 2.25. The number of rotatable bonds is 8. The first-order valence-corrected chi connectivity index (χ1v) is 9.21. The predicted octanol–water partition coefficient (Wildman–Crippen LogP) is 1.77. The number of aliphatic carboxylic acids is 1. The molecule has 0 aliphatic carbocycles. The number of nitrogens with zero attached hydrogens (tertiary/aromatic N) is 2. The van der Waals surface area contributed by atoms with E-state index in [1.807, 2.05) is 18.2 Å². The van der Waals surface area contributed by atoms with E-state index in [4.69, 9.17) is 9.15 Å². The first-order chi connectivity index (χ1) is 13.5. The minimum atomic E-state index is -1.15. The first-order valence-electron chi connectivity index (χ1n) is 8.23. The minimum Gasteiger partial charge on any atom is -0.550 e. The van der Waals surface area contributed by atoms with E-state index in [1.54, 1.807) is 37.4 Å². The lowest BCUT2D eigenvalue weighted by Crippen LogP contribution is -2.24. The van der Waals surface area contributed by atoms with E-state index in [0.717, 1.165) is 17.3 Å². The third-order valence-electron chi connectivity index (χ3n) is 3.64. The Balaban J connectivity index is 1.53. The lowest BCUT2D eigenvalue weighted by molar-refractivity contribution is -0.304. The Kier molecular flexibility index (Phi) is 6.28. The van der Waals surface area contributed by atoms with Gasteiger partial charge in [-0.15, -0.1) is 10.2 Å². The molecule has 0 radical (unpaired) electrons. The second-order valence-corrected chi connectivity index (χ2v) is 6.61. The number of aromatic nitrogens is 2. The van der Waals surface area contributed by atoms with E-state index in [9.17, 15) is 14.7 Å². The second-order valence-electron chi connectivity index (χ2n) is 5.69. The first kappa shape index (κ1) is 19.4. The van der Waals surface area contributed by atoms with Gasteiger partial charge in [0.05, 0.1) is 12.9 Å². The molecule has 0 unspecified atom stereocenters. The zero-order chi connectivity index (χ0) is 19.9. The van der Waals surface area contributed by atoms with E-state index in [1.165, 1.54) is 0 Å². The van der Waals surface area contributed by atoms with Crippen LogP contribution in [0.1, 0.15) is 5.56 Å². The van der Waals surface area contributed by atoms with Gasteiger partial charge in [-0.05, 0) is 35.9 Å². The summed E-state index contributed by atoms with van der Waals surface area (Å²) in [6.07, 6.45) is -0.170. The smallest absolute Gasteiger partial charge is 0.277 e. The Labute approximate surface area is 164 Å². The van der Waals surface area contributed by atoms with Crippen LogP contribution >= 0.6 is 11.8 Å². The number of nitrogens with one attached hydrogen (secondary N) is 1. The molecule has 28 heavy (non-hydrogen) atoms. The van der Waals surface area contributed by atoms with E-state index in [0.29, 0.717) is 22.9 Å².